The number of primary amides is 1. The molecule has 0 unspecified atom stereocenters. The predicted octanol–water partition coefficient (Wildman–Crippen LogP) is 5.20. The molecular formula is C34H34ClF2N5O5. The average molecular weight is 666 g/mol. The van der Waals surface area contributed by atoms with Gasteiger partial charge in [-0.25, -0.2) is 18.3 Å². The van der Waals surface area contributed by atoms with Gasteiger partial charge in [0.1, 0.15) is 34.8 Å². The Morgan fingerprint density at radius 2 is 1.85 bits per heavy atom. The van der Waals surface area contributed by atoms with Crippen LogP contribution in [-0.4, -0.2) is 50.8 Å². The highest BCUT2D eigenvalue weighted by atomic mass is 35.5. The lowest BCUT2D eigenvalue weighted by Crippen LogP contribution is -2.43. The van der Waals surface area contributed by atoms with E-state index in [1.165, 1.54) is 6.07 Å². The number of fused-ring (bicyclic) bond motifs is 1. The molecular weight excluding hydrogens is 632 g/mol. The van der Waals surface area contributed by atoms with Gasteiger partial charge in [0, 0.05) is 34.7 Å². The maximum atomic E-state index is 15.2. The highest BCUT2D eigenvalue weighted by molar-refractivity contribution is 6.31. The number of halogens is 3. The number of nitrogens with two attached hydrogens (primary N) is 1. The molecule has 10 nitrogen and oxygen atoms in total. The summed E-state index contributed by atoms with van der Waals surface area (Å²) in [7, 11) is 0. The number of ether oxygens (including phenoxy) is 2. The van der Waals surface area contributed by atoms with Crippen molar-refractivity contribution in [2.75, 3.05) is 13.2 Å². The van der Waals surface area contributed by atoms with Gasteiger partial charge >= 0.3 is 0 Å². The Balaban J connectivity index is 1.25. The van der Waals surface area contributed by atoms with E-state index in [0.29, 0.717) is 36.3 Å². The Morgan fingerprint density at radius 3 is 2.51 bits per heavy atom. The molecule has 3 aromatic heterocycles. The van der Waals surface area contributed by atoms with Crippen LogP contribution in [0.4, 0.5) is 8.78 Å². The molecule has 246 valence electrons. The summed E-state index contributed by atoms with van der Waals surface area (Å²) in [4.78, 5) is 30.4. The van der Waals surface area contributed by atoms with E-state index in [-0.39, 0.29) is 64.9 Å². The third-order valence-electron chi connectivity index (χ3n) is 8.80. The number of pyridine rings is 2. The summed E-state index contributed by atoms with van der Waals surface area (Å²) < 4.78 is 43.0. The molecule has 3 aliphatic carbocycles. The highest BCUT2D eigenvalue weighted by Crippen LogP contribution is 2.47. The minimum atomic E-state index is -1.71. The first-order valence-electron chi connectivity index (χ1n) is 15.9. The summed E-state index contributed by atoms with van der Waals surface area (Å²) in [6.45, 7) is 1.59. The first-order chi connectivity index (χ1) is 22.5. The Kier molecular flexibility index (Phi) is 8.04. The van der Waals surface area contributed by atoms with Crippen LogP contribution in [0.25, 0.3) is 16.8 Å². The Bertz CT molecular complexity index is 1910. The number of carbonyl (C=O) groups is 2. The van der Waals surface area contributed by atoms with Crippen molar-refractivity contribution in [3.8, 4) is 22.9 Å². The van der Waals surface area contributed by atoms with Crippen LogP contribution in [0.1, 0.15) is 78.7 Å². The monoisotopic (exact) mass is 665 g/mol. The van der Waals surface area contributed by atoms with Crippen molar-refractivity contribution in [1.29, 1.82) is 0 Å². The lowest BCUT2D eigenvalue weighted by atomic mass is 9.90. The van der Waals surface area contributed by atoms with E-state index < -0.39 is 29.0 Å². The molecule has 47 heavy (non-hydrogen) atoms. The molecule has 4 N–H and O–H groups in total. The molecule has 1 aromatic carbocycles. The Hall–Kier alpha value is -4.29. The zero-order valence-corrected chi connectivity index (χ0v) is 26.4. The third-order valence-corrected chi connectivity index (χ3v) is 9.09. The van der Waals surface area contributed by atoms with Gasteiger partial charge in [-0.15, -0.1) is 0 Å². The molecule has 0 aliphatic heterocycles. The van der Waals surface area contributed by atoms with Gasteiger partial charge in [-0.2, -0.15) is 5.10 Å². The van der Waals surface area contributed by atoms with E-state index in [0.717, 1.165) is 43.0 Å². The molecule has 1 atom stereocenters. The highest BCUT2D eigenvalue weighted by Gasteiger charge is 2.47. The molecule has 2 amide bonds. The largest absolute Gasteiger partial charge is 0.491 e. The van der Waals surface area contributed by atoms with Crippen molar-refractivity contribution in [3.63, 3.8) is 0 Å². The zero-order chi connectivity index (χ0) is 33.0. The second-order valence-corrected chi connectivity index (χ2v) is 13.0. The molecule has 3 fully saturated rings. The lowest BCUT2D eigenvalue weighted by Gasteiger charge is -2.30. The summed E-state index contributed by atoms with van der Waals surface area (Å²) in [5, 5.41) is 19.5. The van der Waals surface area contributed by atoms with Gasteiger partial charge in [-0.1, -0.05) is 11.6 Å². The Labute approximate surface area is 274 Å². The zero-order valence-electron chi connectivity index (χ0n) is 25.7. The van der Waals surface area contributed by atoms with Gasteiger partial charge in [0.25, 0.3) is 5.91 Å². The topological polar surface area (TPSA) is 141 Å². The maximum Gasteiger partial charge on any atom is 0.251 e. The van der Waals surface area contributed by atoms with Gasteiger partial charge in [-0.3, -0.25) is 9.59 Å². The van der Waals surface area contributed by atoms with Crippen LogP contribution in [0, 0.1) is 17.6 Å². The van der Waals surface area contributed by atoms with Crippen molar-refractivity contribution in [2.45, 2.75) is 69.5 Å². The molecule has 3 heterocycles. The number of nitrogens with one attached hydrogen (secondary N) is 1. The fourth-order valence-electron chi connectivity index (χ4n) is 5.88. The normalized spacial score (nSPS) is 17.4. The maximum absolute atomic E-state index is 15.2. The minimum Gasteiger partial charge on any atom is -0.491 e. The van der Waals surface area contributed by atoms with Gasteiger partial charge in [-0.05, 0) is 75.6 Å². The molecule has 4 aromatic rings. The van der Waals surface area contributed by atoms with Crippen molar-refractivity contribution in [2.24, 2.45) is 11.7 Å². The van der Waals surface area contributed by atoms with Gasteiger partial charge in [0.2, 0.25) is 11.8 Å². The smallest absolute Gasteiger partial charge is 0.251 e. The van der Waals surface area contributed by atoms with E-state index in [1.807, 2.05) is 6.07 Å². The number of nitrogens with zero attached hydrogens (tertiary/aromatic N) is 3. The minimum absolute atomic E-state index is 0.0571. The number of aliphatic hydroxyl groups is 1. The first-order valence-corrected chi connectivity index (χ1v) is 16.2. The molecule has 7 rings (SSSR count). The molecule has 0 saturated heterocycles. The molecule has 0 bridgehead atoms. The quantitative estimate of drug-likeness (QED) is 0.167. The average Bonchev–Trinajstić information content (AvgIpc) is 3.87. The van der Waals surface area contributed by atoms with Crippen molar-refractivity contribution in [3.05, 3.63) is 75.6 Å². The van der Waals surface area contributed by atoms with Crippen LogP contribution in [-0.2, 0) is 16.8 Å². The van der Waals surface area contributed by atoms with Crippen LogP contribution in [0.2, 0.25) is 5.02 Å². The van der Waals surface area contributed by atoms with Gasteiger partial charge < -0.3 is 25.6 Å². The number of carbonyl (C=O) groups excluding carboxylic acids is 2. The van der Waals surface area contributed by atoms with Crippen molar-refractivity contribution >= 4 is 28.9 Å². The number of rotatable bonds is 13. The fourth-order valence-corrected chi connectivity index (χ4v) is 6.04. The molecule has 0 radical (unpaired) electrons. The fraction of sp³-hybridized carbons (Fsp3) is 0.412. The van der Waals surface area contributed by atoms with E-state index in [4.69, 9.17) is 31.9 Å². The summed E-state index contributed by atoms with van der Waals surface area (Å²) in [5.41, 5.74) is 5.96. The number of amides is 2. The van der Waals surface area contributed by atoms with Crippen LogP contribution < -0.4 is 20.5 Å². The van der Waals surface area contributed by atoms with Crippen LogP contribution in [0.5, 0.6) is 11.6 Å². The summed E-state index contributed by atoms with van der Waals surface area (Å²) in [6, 6.07) is 8.57. The van der Waals surface area contributed by atoms with E-state index >= 15 is 4.39 Å². The lowest BCUT2D eigenvalue weighted by molar-refractivity contribution is -0.117. The van der Waals surface area contributed by atoms with Gasteiger partial charge in [0.15, 0.2) is 0 Å². The first kappa shape index (κ1) is 31.3. The van der Waals surface area contributed by atoms with E-state index in [9.17, 15) is 19.1 Å². The van der Waals surface area contributed by atoms with Crippen molar-refractivity contribution in [1.82, 2.24) is 19.9 Å². The second kappa shape index (κ2) is 12.1. The number of hydrogen-bond donors (Lipinski definition) is 3. The second-order valence-electron chi connectivity index (χ2n) is 12.6. The van der Waals surface area contributed by atoms with Crippen LogP contribution >= 0.6 is 11.6 Å². The van der Waals surface area contributed by atoms with Crippen LogP contribution in [0.15, 0.2) is 36.4 Å². The molecule has 3 aliphatic rings. The number of aromatic nitrogens is 3. The van der Waals surface area contributed by atoms with E-state index in [2.05, 4.69) is 10.3 Å². The molecule has 13 heteroatoms. The summed E-state index contributed by atoms with van der Waals surface area (Å²) in [5.74, 6) is -2.40. The number of hydrogen-bond acceptors (Lipinski definition) is 7. The van der Waals surface area contributed by atoms with Gasteiger partial charge in [0.05, 0.1) is 41.5 Å². The standard InChI is InChI=1S/C34H34ClF2N5O5/c1-2-46-32-18(11-29(38)43)10-28(40-31(32)23-14-24(35)26(37)15-25(23)36)34(45,20-5-6-20)16-39-33(44)19-9-21-13-27(17-3-4-17)41-42(21)30(12-19)47-22-7-8-22/h9-10,12-15,17,20,22,45H,2-8,11,16H2,1H3,(H2,38,43)(H,39,44)/t34-/m1/s1. The SMILES string of the molecule is CCOc1c(CC(N)=O)cc([C@@](O)(CNC(=O)c2cc(OC3CC3)n3nc(C4CC4)cc3c2)C2CC2)nc1-c1cc(Cl)c(F)cc1F. The molecule has 3 saturated carbocycles. The molecule has 0 spiro atoms. The third kappa shape index (κ3) is 6.36. The Morgan fingerprint density at radius 1 is 1.09 bits per heavy atom. The van der Waals surface area contributed by atoms with Crippen LogP contribution in [0.3, 0.4) is 0 Å². The van der Waals surface area contributed by atoms with Crippen molar-refractivity contribution < 1.29 is 33.0 Å². The summed E-state index contributed by atoms with van der Waals surface area (Å²) in [6.07, 6.45) is 5.10. The predicted molar refractivity (Wildman–Crippen MR) is 168 cm³/mol. The number of benzene rings is 1. The summed E-state index contributed by atoms with van der Waals surface area (Å²) >= 11 is 6.02. The van der Waals surface area contributed by atoms with E-state index in [1.54, 1.807) is 23.6 Å².